The van der Waals surface area contributed by atoms with Gasteiger partial charge in [-0.3, -0.25) is 0 Å². The second-order valence-corrected chi connectivity index (χ2v) is 7.16. The van der Waals surface area contributed by atoms with Crippen LogP contribution in [0.25, 0.3) is 22.5 Å². The van der Waals surface area contributed by atoms with Crippen LogP contribution in [0.5, 0.6) is 0 Å². The summed E-state index contributed by atoms with van der Waals surface area (Å²) in [7, 11) is 0. The summed E-state index contributed by atoms with van der Waals surface area (Å²) in [5.41, 5.74) is 4.31. The smallest absolute Gasteiger partial charge is 0.205 e. The van der Waals surface area contributed by atoms with Crippen LogP contribution in [0, 0.1) is 0 Å². The Hall–Kier alpha value is -3.00. The zero-order chi connectivity index (χ0) is 20.1. The molecule has 0 amide bonds. The number of aromatic amines is 1. The summed E-state index contributed by atoms with van der Waals surface area (Å²) in [5, 5.41) is 19.0. The maximum Gasteiger partial charge on any atom is 0.205 e. The summed E-state index contributed by atoms with van der Waals surface area (Å²) < 4.78 is 2.00. The maximum absolute atomic E-state index is 4.62. The molecule has 0 radical (unpaired) electrons. The number of benzene rings is 2. The fourth-order valence-corrected chi connectivity index (χ4v) is 3.44. The lowest BCUT2D eigenvalue weighted by molar-refractivity contribution is 0.616. The number of nitrogens with one attached hydrogen (secondary N) is 1. The van der Waals surface area contributed by atoms with Gasteiger partial charge in [0.2, 0.25) is 5.82 Å². The van der Waals surface area contributed by atoms with Crippen molar-refractivity contribution >= 4 is 12.6 Å². The van der Waals surface area contributed by atoms with Gasteiger partial charge in [0.15, 0.2) is 5.82 Å². The molecule has 0 spiro atoms. The highest BCUT2D eigenvalue weighted by molar-refractivity contribution is 7.79. The molecule has 148 valence electrons. The van der Waals surface area contributed by atoms with E-state index in [-0.39, 0.29) is 0 Å². The minimum Gasteiger partial charge on any atom is -0.245 e. The summed E-state index contributed by atoms with van der Waals surface area (Å²) >= 11 is 4.32. The monoisotopic (exact) mass is 405 g/mol. The molecule has 0 atom stereocenters. The van der Waals surface area contributed by atoms with Crippen LogP contribution in [0.4, 0.5) is 0 Å². The molecule has 0 aliphatic carbocycles. The van der Waals surface area contributed by atoms with E-state index >= 15 is 0 Å². The number of hydrogen-bond acceptors (Lipinski definition) is 6. The average molecular weight is 406 g/mol. The molecule has 2 aromatic carbocycles. The zero-order valence-electron chi connectivity index (χ0n) is 16.3. The standard InChI is InChI=1S/C21H23N7S/c1-2-3-8-20-22-19(14-29)25-28(20)13-15-9-11-16(12-10-15)17-6-4-5-7-18(17)21-23-26-27-24-21/h4-7,9-12,29H,2-3,8,13-14H2,1H3,(H,23,24,26,27). The molecule has 4 rings (SSSR count). The molecular formula is C21H23N7S. The van der Waals surface area contributed by atoms with Crippen molar-refractivity contribution in [3.8, 4) is 22.5 Å². The number of hydrogen-bond donors (Lipinski definition) is 2. The van der Waals surface area contributed by atoms with Crippen molar-refractivity contribution < 1.29 is 0 Å². The van der Waals surface area contributed by atoms with Gasteiger partial charge < -0.3 is 0 Å². The fraction of sp³-hybridized carbons (Fsp3) is 0.286. The summed E-state index contributed by atoms with van der Waals surface area (Å²) in [4.78, 5) is 4.62. The van der Waals surface area contributed by atoms with Gasteiger partial charge in [-0.05, 0) is 28.3 Å². The van der Waals surface area contributed by atoms with Crippen molar-refractivity contribution in [3.05, 3.63) is 65.7 Å². The Kier molecular flexibility index (Phi) is 6.00. The largest absolute Gasteiger partial charge is 0.245 e. The second-order valence-electron chi connectivity index (χ2n) is 6.84. The molecule has 0 saturated heterocycles. The summed E-state index contributed by atoms with van der Waals surface area (Å²) in [6.07, 6.45) is 3.18. The zero-order valence-corrected chi connectivity index (χ0v) is 17.2. The Labute approximate surface area is 175 Å². The molecular weight excluding hydrogens is 382 g/mol. The predicted octanol–water partition coefficient (Wildman–Crippen LogP) is 3.95. The van der Waals surface area contributed by atoms with Gasteiger partial charge in [-0.1, -0.05) is 61.9 Å². The molecule has 4 aromatic rings. The van der Waals surface area contributed by atoms with E-state index < -0.39 is 0 Å². The van der Waals surface area contributed by atoms with Gasteiger partial charge in [0, 0.05) is 12.0 Å². The van der Waals surface area contributed by atoms with E-state index in [0.717, 1.165) is 47.6 Å². The van der Waals surface area contributed by atoms with Gasteiger partial charge in [-0.2, -0.15) is 22.9 Å². The number of nitrogens with zero attached hydrogens (tertiary/aromatic N) is 6. The first-order chi connectivity index (χ1) is 14.3. The van der Waals surface area contributed by atoms with E-state index in [9.17, 15) is 0 Å². The Bertz CT molecular complexity index is 1060. The molecule has 2 heterocycles. The Morgan fingerprint density at radius 1 is 1.03 bits per heavy atom. The molecule has 0 unspecified atom stereocenters. The van der Waals surface area contributed by atoms with Crippen LogP contribution in [0.15, 0.2) is 48.5 Å². The number of aromatic nitrogens is 7. The summed E-state index contributed by atoms with van der Waals surface area (Å²) in [6.45, 7) is 2.89. The van der Waals surface area contributed by atoms with Crippen molar-refractivity contribution in [3.63, 3.8) is 0 Å². The van der Waals surface area contributed by atoms with Crippen molar-refractivity contribution in [2.45, 2.75) is 38.5 Å². The Morgan fingerprint density at radius 3 is 2.52 bits per heavy atom. The third kappa shape index (κ3) is 4.37. The molecule has 0 saturated carbocycles. The number of H-pyrrole nitrogens is 1. The Balaban J connectivity index is 1.58. The van der Waals surface area contributed by atoms with Crippen molar-refractivity contribution in [1.29, 1.82) is 0 Å². The number of aryl methyl sites for hydroxylation is 1. The van der Waals surface area contributed by atoms with Crippen molar-refractivity contribution in [2.24, 2.45) is 0 Å². The van der Waals surface area contributed by atoms with Crippen molar-refractivity contribution in [2.75, 3.05) is 0 Å². The highest BCUT2D eigenvalue weighted by atomic mass is 32.1. The molecule has 29 heavy (non-hydrogen) atoms. The van der Waals surface area contributed by atoms with Crippen LogP contribution in [0.2, 0.25) is 0 Å². The molecule has 0 fully saturated rings. The minimum atomic E-state index is 0.554. The summed E-state index contributed by atoms with van der Waals surface area (Å²) in [6, 6.07) is 16.6. The molecule has 8 heteroatoms. The number of tetrazole rings is 1. The van der Waals surface area contributed by atoms with Crippen molar-refractivity contribution in [1.82, 2.24) is 35.4 Å². The van der Waals surface area contributed by atoms with Crippen LogP contribution in [-0.4, -0.2) is 35.4 Å². The molecule has 2 aromatic heterocycles. The van der Waals surface area contributed by atoms with E-state index in [1.54, 1.807) is 0 Å². The van der Waals surface area contributed by atoms with E-state index in [2.05, 4.69) is 80.6 Å². The Morgan fingerprint density at radius 2 is 1.83 bits per heavy atom. The van der Waals surface area contributed by atoms with Gasteiger partial charge in [0.05, 0.1) is 12.3 Å². The number of unbranched alkanes of at least 4 members (excludes halogenated alkanes) is 1. The highest BCUT2D eigenvalue weighted by Crippen LogP contribution is 2.29. The van der Waals surface area contributed by atoms with Crippen LogP contribution in [0.3, 0.4) is 0 Å². The van der Waals surface area contributed by atoms with Crippen LogP contribution in [0.1, 0.15) is 37.0 Å². The van der Waals surface area contributed by atoms with E-state index in [4.69, 9.17) is 0 Å². The molecule has 0 bridgehead atoms. The lowest BCUT2D eigenvalue weighted by Gasteiger charge is -2.09. The van der Waals surface area contributed by atoms with Crippen LogP contribution in [-0.2, 0) is 18.7 Å². The lowest BCUT2D eigenvalue weighted by atomic mass is 9.98. The maximum atomic E-state index is 4.62. The third-order valence-corrected chi connectivity index (χ3v) is 5.08. The van der Waals surface area contributed by atoms with Gasteiger partial charge in [-0.15, -0.1) is 10.2 Å². The topological polar surface area (TPSA) is 85.2 Å². The quantitative estimate of drug-likeness (QED) is 0.434. The van der Waals surface area contributed by atoms with Crippen LogP contribution >= 0.6 is 12.6 Å². The second kappa shape index (κ2) is 9.00. The van der Waals surface area contributed by atoms with Gasteiger partial charge in [0.25, 0.3) is 0 Å². The third-order valence-electron chi connectivity index (χ3n) is 4.80. The highest BCUT2D eigenvalue weighted by Gasteiger charge is 2.12. The van der Waals surface area contributed by atoms with Gasteiger partial charge in [-0.25, -0.2) is 9.67 Å². The minimum absolute atomic E-state index is 0.554. The first-order valence-corrected chi connectivity index (χ1v) is 10.4. The number of thiol groups is 1. The predicted molar refractivity (Wildman–Crippen MR) is 115 cm³/mol. The van der Waals surface area contributed by atoms with Crippen LogP contribution < -0.4 is 0 Å². The molecule has 1 N–H and O–H groups in total. The van der Waals surface area contributed by atoms with E-state index in [1.165, 1.54) is 5.56 Å². The summed E-state index contributed by atoms with van der Waals surface area (Å²) in [5.74, 6) is 2.96. The van der Waals surface area contributed by atoms with Gasteiger partial charge in [0.1, 0.15) is 5.82 Å². The normalized spacial score (nSPS) is 11.1. The first kappa shape index (κ1) is 19.3. The fourth-order valence-electron chi connectivity index (χ4n) is 3.31. The molecule has 7 nitrogen and oxygen atoms in total. The lowest BCUT2D eigenvalue weighted by Crippen LogP contribution is -2.07. The van der Waals surface area contributed by atoms with E-state index in [0.29, 0.717) is 18.1 Å². The van der Waals surface area contributed by atoms with Gasteiger partial charge >= 0.3 is 0 Å². The molecule has 0 aliphatic heterocycles. The van der Waals surface area contributed by atoms with E-state index in [1.807, 2.05) is 22.9 Å². The number of rotatable bonds is 8. The average Bonchev–Trinajstić information content (AvgIpc) is 3.43. The first-order valence-electron chi connectivity index (χ1n) is 9.74. The SMILES string of the molecule is CCCCc1nc(CS)nn1Cc1ccc(-c2ccccc2-c2nn[nH]n2)cc1. The molecule has 0 aliphatic rings.